The molecule has 2 rings (SSSR count). The fraction of sp³-hybridized carbons (Fsp3) is 0.364. The highest BCUT2D eigenvalue weighted by Crippen LogP contribution is 2.26. The van der Waals surface area contributed by atoms with Gasteiger partial charge in [-0.1, -0.05) is 13.8 Å². The zero-order valence-electron chi connectivity index (χ0n) is 10.6. The minimum absolute atomic E-state index is 0.353. The van der Waals surface area contributed by atoms with E-state index in [4.69, 9.17) is 10.6 Å². The molecule has 0 saturated carbocycles. The van der Waals surface area contributed by atoms with Crippen LogP contribution in [0.4, 0.5) is 5.82 Å². The van der Waals surface area contributed by atoms with Crippen LogP contribution < -0.4 is 16.0 Å². The van der Waals surface area contributed by atoms with Crippen LogP contribution >= 0.6 is 0 Å². The molecule has 18 heavy (non-hydrogen) atoms. The number of hydrogen-bond donors (Lipinski definition) is 2. The average molecular weight is 248 g/mol. The second kappa shape index (κ2) is 5.01. The van der Waals surface area contributed by atoms with Crippen LogP contribution in [0.1, 0.15) is 25.5 Å². The van der Waals surface area contributed by atoms with E-state index in [9.17, 15) is 0 Å². The Morgan fingerprint density at radius 2 is 2.17 bits per heavy atom. The Hall–Kier alpha value is -2.15. The van der Waals surface area contributed by atoms with Gasteiger partial charge in [-0.25, -0.2) is 20.5 Å². The highest BCUT2D eigenvalue weighted by atomic mass is 16.5. The smallest absolute Gasteiger partial charge is 0.207 e. The molecule has 2 aromatic rings. The number of methoxy groups -OCH3 is 1. The molecule has 96 valence electrons. The largest absolute Gasteiger partial charge is 0.490 e. The van der Waals surface area contributed by atoms with E-state index in [1.54, 1.807) is 4.68 Å². The summed E-state index contributed by atoms with van der Waals surface area (Å²) in [4.78, 5) is 8.15. The number of hydrogen-bond acceptors (Lipinski definition) is 6. The summed E-state index contributed by atoms with van der Waals surface area (Å²) in [7, 11) is 1.54. The lowest BCUT2D eigenvalue weighted by molar-refractivity contribution is 0.409. The van der Waals surface area contributed by atoms with Crippen LogP contribution in [0.2, 0.25) is 0 Å². The van der Waals surface area contributed by atoms with Gasteiger partial charge in [0.2, 0.25) is 11.6 Å². The summed E-state index contributed by atoms with van der Waals surface area (Å²) in [5.41, 5.74) is 3.45. The van der Waals surface area contributed by atoms with Gasteiger partial charge in [0.05, 0.1) is 12.8 Å². The molecule has 0 aliphatic carbocycles. The molecule has 0 aromatic carbocycles. The van der Waals surface area contributed by atoms with Gasteiger partial charge in [-0.3, -0.25) is 0 Å². The number of anilines is 1. The molecule has 0 amide bonds. The van der Waals surface area contributed by atoms with E-state index in [1.807, 2.05) is 12.3 Å². The first-order valence-electron chi connectivity index (χ1n) is 5.59. The Bertz CT molecular complexity index is 536. The Kier molecular flexibility index (Phi) is 3.42. The summed E-state index contributed by atoms with van der Waals surface area (Å²) in [6, 6.07) is 1.95. The quantitative estimate of drug-likeness (QED) is 0.621. The van der Waals surface area contributed by atoms with E-state index in [0.717, 1.165) is 5.69 Å². The Labute approximate surface area is 105 Å². The third-order valence-corrected chi connectivity index (χ3v) is 2.54. The fourth-order valence-corrected chi connectivity index (χ4v) is 1.58. The molecule has 0 atom stereocenters. The zero-order valence-corrected chi connectivity index (χ0v) is 10.6. The van der Waals surface area contributed by atoms with E-state index in [-0.39, 0.29) is 0 Å². The SMILES string of the molecule is COc1c(NN)ncnc1-n1ccc(C(C)C)n1. The van der Waals surface area contributed by atoms with Gasteiger partial charge in [0, 0.05) is 6.20 Å². The number of nitrogen functional groups attached to an aromatic ring is 1. The summed E-state index contributed by atoms with van der Waals surface area (Å²) in [6.45, 7) is 4.16. The third-order valence-electron chi connectivity index (χ3n) is 2.54. The zero-order chi connectivity index (χ0) is 13.1. The predicted octanol–water partition coefficient (Wildman–Crippen LogP) is 1.08. The van der Waals surface area contributed by atoms with E-state index in [0.29, 0.717) is 23.3 Å². The lowest BCUT2D eigenvalue weighted by atomic mass is 10.1. The van der Waals surface area contributed by atoms with Gasteiger partial charge in [0.15, 0.2) is 5.82 Å². The summed E-state index contributed by atoms with van der Waals surface area (Å²) in [5, 5.41) is 4.44. The normalized spacial score (nSPS) is 10.7. The van der Waals surface area contributed by atoms with Crippen molar-refractivity contribution in [1.82, 2.24) is 19.7 Å². The molecule has 0 radical (unpaired) electrons. The monoisotopic (exact) mass is 248 g/mol. The molecule has 3 N–H and O–H groups in total. The molecule has 0 aliphatic heterocycles. The lowest BCUT2D eigenvalue weighted by Crippen LogP contribution is -2.13. The summed E-state index contributed by atoms with van der Waals surface area (Å²) < 4.78 is 6.91. The van der Waals surface area contributed by atoms with E-state index in [1.165, 1.54) is 13.4 Å². The van der Waals surface area contributed by atoms with Gasteiger partial charge in [-0.15, -0.1) is 0 Å². The number of nitrogens with zero attached hydrogens (tertiary/aromatic N) is 4. The molecule has 0 unspecified atom stereocenters. The highest BCUT2D eigenvalue weighted by molar-refractivity contribution is 5.57. The van der Waals surface area contributed by atoms with Crippen LogP contribution in [0.25, 0.3) is 5.82 Å². The van der Waals surface area contributed by atoms with Gasteiger partial charge in [-0.05, 0) is 12.0 Å². The molecule has 0 spiro atoms. The maximum atomic E-state index is 5.38. The van der Waals surface area contributed by atoms with E-state index in [2.05, 4.69) is 34.3 Å². The molecule has 7 nitrogen and oxygen atoms in total. The second-order valence-electron chi connectivity index (χ2n) is 4.06. The number of aromatic nitrogens is 4. The van der Waals surface area contributed by atoms with Gasteiger partial charge in [0.1, 0.15) is 6.33 Å². The number of ether oxygens (including phenoxy) is 1. The van der Waals surface area contributed by atoms with Crippen molar-refractivity contribution in [3.63, 3.8) is 0 Å². The number of hydrazine groups is 1. The molecule has 0 saturated heterocycles. The third kappa shape index (κ3) is 2.12. The minimum Gasteiger partial charge on any atom is -0.490 e. The highest BCUT2D eigenvalue weighted by Gasteiger charge is 2.14. The van der Waals surface area contributed by atoms with Crippen LogP contribution in [-0.2, 0) is 0 Å². The van der Waals surface area contributed by atoms with E-state index < -0.39 is 0 Å². The first-order chi connectivity index (χ1) is 8.67. The van der Waals surface area contributed by atoms with Crippen molar-refractivity contribution >= 4 is 5.82 Å². The van der Waals surface area contributed by atoms with Crippen LogP contribution in [0.15, 0.2) is 18.6 Å². The molecule has 0 fully saturated rings. The molecule has 0 aliphatic rings. The first-order valence-corrected chi connectivity index (χ1v) is 5.59. The Morgan fingerprint density at radius 3 is 2.72 bits per heavy atom. The van der Waals surface area contributed by atoms with Crippen LogP contribution in [0, 0.1) is 0 Å². The van der Waals surface area contributed by atoms with Gasteiger partial charge >= 0.3 is 0 Å². The van der Waals surface area contributed by atoms with Crippen molar-refractivity contribution < 1.29 is 4.74 Å². The topological polar surface area (TPSA) is 90.9 Å². The van der Waals surface area contributed by atoms with Crippen LogP contribution in [0.3, 0.4) is 0 Å². The van der Waals surface area contributed by atoms with Crippen molar-refractivity contribution in [2.75, 3.05) is 12.5 Å². The molecule has 2 heterocycles. The van der Waals surface area contributed by atoms with Crippen molar-refractivity contribution in [2.45, 2.75) is 19.8 Å². The standard InChI is InChI=1S/C11H16N6O/c1-7(2)8-4-5-17(16-8)11-9(18-3)10(15-12)13-6-14-11/h4-7H,12H2,1-3H3,(H,13,14,15). The summed E-state index contributed by atoms with van der Waals surface area (Å²) in [5.74, 6) is 7.16. The number of nitrogens with two attached hydrogens (primary N) is 1. The van der Waals surface area contributed by atoms with Crippen molar-refractivity contribution in [3.8, 4) is 11.6 Å². The Morgan fingerprint density at radius 1 is 1.39 bits per heavy atom. The summed E-state index contributed by atoms with van der Waals surface area (Å²) >= 11 is 0. The number of nitrogens with one attached hydrogen (secondary N) is 1. The van der Waals surface area contributed by atoms with Crippen LogP contribution in [-0.4, -0.2) is 26.9 Å². The van der Waals surface area contributed by atoms with Crippen molar-refractivity contribution in [3.05, 3.63) is 24.3 Å². The van der Waals surface area contributed by atoms with Crippen molar-refractivity contribution in [2.24, 2.45) is 5.84 Å². The predicted molar refractivity (Wildman–Crippen MR) is 67.6 cm³/mol. The lowest BCUT2D eigenvalue weighted by Gasteiger charge is -2.10. The van der Waals surface area contributed by atoms with Crippen molar-refractivity contribution in [1.29, 1.82) is 0 Å². The Balaban J connectivity index is 2.49. The van der Waals surface area contributed by atoms with Crippen LogP contribution in [0.5, 0.6) is 5.75 Å². The van der Waals surface area contributed by atoms with Gasteiger partial charge in [0.25, 0.3) is 0 Å². The van der Waals surface area contributed by atoms with Gasteiger partial charge < -0.3 is 10.2 Å². The second-order valence-corrected chi connectivity index (χ2v) is 4.06. The minimum atomic E-state index is 0.353. The summed E-state index contributed by atoms with van der Waals surface area (Å²) in [6.07, 6.45) is 3.24. The first kappa shape index (κ1) is 12.3. The molecule has 0 bridgehead atoms. The molecule has 2 aromatic heterocycles. The van der Waals surface area contributed by atoms with Gasteiger partial charge in [-0.2, -0.15) is 5.10 Å². The maximum absolute atomic E-state index is 5.38. The number of rotatable bonds is 4. The molecule has 7 heteroatoms. The average Bonchev–Trinajstić information content (AvgIpc) is 2.87. The molecular weight excluding hydrogens is 232 g/mol. The maximum Gasteiger partial charge on any atom is 0.207 e. The fourth-order valence-electron chi connectivity index (χ4n) is 1.58. The molecular formula is C11H16N6O. The van der Waals surface area contributed by atoms with E-state index >= 15 is 0 Å².